The van der Waals surface area contributed by atoms with Crippen molar-refractivity contribution in [3.63, 3.8) is 0 Å². The van der Waals surface area contributed by atoms with Crippen LogP contribution in [0.3, 0.4) is 0 Å². The molecule has 2 aliphatic carbocycles. The SMILES string of the molecule is C=C(C1CC1)N1CCCC(Nc2nccc(-n3c(CC#N)cnc3-c3ccc4c(n3)CCC=C4)n2)C1. The van der Waals surface area contributed by atoms with Crippen LogP contribution in [0.15, 0.2) is 48.9 Å². The second-order valence-electron chi connectivity index (χ2n) is 9.85. The predicted octanol–water partition coefficient (Wildman–Crippen LogP) is 4.55. The number of nitrogens with one attached hydrogen (secondary N) is 1. The molecule has 1 unspecified atom stereocenters. The summed E-state index contributed by atoms with van der Waals surface area (Å²) in [5, 5.41) is 13.0. The number of anilines is 1. The molecule has 1 N–H and O–H groups in total. The molecular weight excluding hydrogens is 448 g/mol. The van der Waals surface area contributed by atoms with Crippen molar-refractivity contribution in [2.75, 3.05) is 18.4 Å². The summed E-state index contributed by atoms with van der Waals surface area (Å²) in [5.74, 6) is 2.63. The first kappa shape index (κ1) is 22.5. The van der Waals surface area contributed by atoms with E-state index in [2.05, 4.69) is 51.1 Å². The zero-order valence-electron chi connectivity index (χ0n) is 20.4. The molecule has 8 nitrogen and oxygen atoms in total. The van der Waals surface area contributed by atoms with E-state index in [-0.39, 0.29) is 12.5 Å². The minimum absolute atomic E-state index is 0.230. The van der Waals surface area contributed by atoms with Crippen LogP contribution in [0.4, 0.5) is 5.95 Å². The van der Waals surface area contributed by atoms with E-state index in [4.69, 9.17) is 9.97 Å². The summed E-state index contributed by atoms with van der Waals surface area (Å²) in [7, 11) is 0. The topological polar surface area (TPSA) is 95.6 Å². The van der Waals surface area contributed by atoms with Gasteiger partial charge in [-0.25, -0.2) is 15.0 Å². The molecule has 8 heteroatoms. The number of hydrogen-bond acceptors (Lipinski definition) is 7. The third kappa shape index (κ3) is 4.49. The van der Waals surface area contributed by atoms with Crippen LogP contribution < -0.4 is 5.32 Å². The van der Waals surface area contributed by atoms with Crippen molar-refractivity contribution < 1.29 is 0 Å². The van der Waals surface area contributed by atoms with Gasteiger partial charge in [0.15, 0.2) is 5.82 Å². The average molecular weight is 479 g/mol. The number of aryl methyl sites for hydroxylation is 1. The molecule has 1 aliphatic heterocycles. The number of aromatic nitrogens is 5. The molecule has 1 atom stereocenters. The average Bonchev–Trinajstić information content (AvgIpc) is 3.68. The number of piperidine rings is 1. The van der Waals surface area contributed by atoms with E-state index in [0.29, 0.717) is 23.5 Å². The van der Waals surface area contributed by atoms with E-state index < -0.39 is 0 Å². The molecule has 4 heterocycles. The minimum atomic E-state index is 0.230. The lowest BCUT2D eigenvalue weighted by molar-refractivity contribution is 0.258. The predicted molar refractivity (Wildman–Crippen MR) is 139 cm³/mol. The summed E-state index contributed by atoms with van der Waals surface area (Å²) in [6.45, 7) is 6.34. The molecule has 182 valence electrons. The van der Waals surface area contributed by atoms with Crippen LogP contribution in [0.5, 0.6) is 0 Å². The molecule has 0 bridgehead atoms. The zero-order valence-corrected chi connectivity index (χ0v) is 20.4. The Morgan fingerprint density at radius 1 is 1.17 bits per heavy atom. The number of imidazole rings is 1. The van der Waals surface area contributed by atoms with E-state index in [9.17, 15) is 5.26 Å². The molecule has 3 aromatic heterocycles. The highest BCUT2D eigenvalue weighted by Crippen LogP contribution is 2.38. The van der Waals surface area contributed by atoms with Gasteiger partial charge in [-0.15, -0.1) is 0 Å². The first-order valence-electron chi connectivity index (χ1n) is 12.8. The van der Waals surface area contributed by atoms with E-state index in [1.54, 1.807) is 12.4 Å². The van der Waals surface area contributed by atoms with Gasteiger partial charge in [0.05, 0.1) is 24.4 Å². The fraction of sp³-hybridized carbons (Fsp3) is 0.393. The van der Waals surface area contributed by atoms with Gasteiger partial charge >= 0.3 is 0 Å². The van der Waals surface area contributed by atoms with Crippen LogP contribution in [0.1, 0.15) is 49.1 Å². The Balaban J connectivity index is 1.29. The molecule has 0 radical (unpaired) electrons. The molecule has 0 aromatic carbocycles. The van der Waals surface area contributed by atoms with Gasteiger partial charge in [0.2, 0.25) is 5.95 Å². The highest BCUT2D eigenvalue weighted by atomic mass is 15.2. The largest absolute Gasteiger partial charge is 0.373 e. The third-order valence-corrected chi connectivity index (χ3v) is 7.26. The third-order valence-electron chi connectivity index (χ3n) is 7.26. The Morgan fingerprint density at radius 2 is 2.08 bits per heavy atom. The van der Waals surface area contributed by atoms with E-state index in [0.717, 1.165) is 61.4 Å². The van der Waals surface area contributed by atoms with Crippen molar-refractivity contribution in [1.29, 1.82) is 5.26 Å². The van der Waals surface area contributed by atoms with Gasteiger partial charge in [-0.05, 0) is 62.1 Å². The number of nitriles is 1. The lowest BCUT2D eigenvalue weighted by atomic mass is 10.0. The molecule has 1 saturated carbocycles. The van der Waals surface area contributed by atoms with Gasteiger partial charge in [0.25, 0.3) is 0 Å². The van der Waals surface area contributed by atoms with Crippen LogP contribution in [0, 0.1) is 17.2 Å². The molecule has 1 saturated heterocycles. The van der Waals surface area contributed by atoms with Crippen molar-refractivity contribution in [1.82, 2.24) is 29.4 Å². The maximum atomic E-state index is 9.44. The summed E-state index contributed by atoms with van der Waals surface area (Å²) in [4.78, 5) is 21.4. The van der Waals surface area contributed by atoms with Gasteiger partial charge in [0, 0.05) is 36.7 Å². The maximum Gasteiger partial charge on any atom is 0.224 e. The number of allylic oxidation sites excluding steroid dienone is 2. The van der Waals surface area contributed by atoms with Crippen molar-refractivity contribution >= 4 is 12.0 Å². The normalized spacial score (nSPS) is 19.0. The number of fused-ring (bicyclic) bond motifs is 1. The Hall–Kier alpha value is -3.99. The van der Waals surface area contributed by atoms with Crippen molar-refractivity contribution in [2.45, 2.75) is 51.0 Å². The highest BCUT2D eigenvalue weighted by molar-refractivity contribution is 5.61. The maximum absolute atomic E-state index is 9.44. The fourth-order valence-electron chi connectivity index (χ4n) is 5.20. The number of pyridine rings is 1. The molecule has 3 aliphatic rings. The minimum Gasteiger partial charge on any atom is -0.373 e. The van der Waals surface area contributed by atoms with Gasteiger partial charge in [-0.1, -0.05) is 24.8 Å². The van der Waals surface area contributed by atoms with E-state index >= 15 is 0 Å². The van der Waals surface area contributed by atoms with Crippen LogP contribution in [-0.2, 0) is 12.8 Å². The van der Waals surface area contributed by atoms with Crippen LogP contribution in [0.25, 0.3) is 23.4 Å². The fourth-order valence-corrected chi connectivity index (χ4v) is 5.20. The van der Waals surface area contributed by atoms with Crippen LogP contribution in [0.2, 0.25) is 0 Å². The van der Waals surface area contributed by atoms with Crippen LogP contribution in [-0.4, -0.2) is 48.5 Å². The second kappa shape index (κ2) is 9.57. The number of rotatable bonds is 7. The van der Waals surface area contributed by atoms with Crippen molar-refractivity contribution in [3.05, 3.63) is 65.9 Å². The standard InChI is InChI=1S/C28H30N8/c1-19(20-8-9-20)35-16-4-6-22(18-35)32-28-30-15-13-26(34-28)36-23(12-14-29)17-31-27(36)25-11-10-21-5-2-3-7-24(21)33-25/h2,5,10-11,13,15,17,20,22H,1,3-4,6-9,12,16,18H2,(H,30,32,34). The van der Waals surface area contributed by atoms with Crippen molar-refractivity contribution in [3.8, 4) is 23.4 Å². The Bertz CT molecular complexity index is 1360. The summed E-state index contributed by atoms with van der Waals surface area (Å²) >= 11 is 0. The molecule has 2 fully saturated rings. The molecule has 0 spiro atoms. The summed E-state index contributed by atoms with van der Waals surface area (Å²) in [6, 6.07) is 8.47. The molecule has 6 rings (SSSR count). The van der Waals surface area contributed by atoms with Gasteiger partial charge in [-0.2, -0.15) is 10.2 Å². The van der Waals surface area contributed by atoms with Gasteiger partial charge in [-0.3, -0.25) is 4.57 Å². The van der Waals surface area contributed by atoms with Gasteiger partial charge in [0.1, 0.15) is 11.5 Å². The first-order valence-corrected chi connectivity index (χ1v) is 12.8. The van der Waals surface area contributed by atoms with Crippen LogP contribution >= 0.6 is 0 Å². The first-order chi connectivity index (χ1) is 17.7. The Labute approximate surface area is 211 Å². The zero-order chi connectivity index (χ0) is 24.5. The Morgan fingerprint density at radius 3 is 2.94 bits per heavy atom. The van der Waals surface area contributed by atoms with Crippen molar-refractivity contribution in [2.24, 2.45) is 5.92 Å². The molecule has 3 aromatic rings. The Kier molecular flexibility index (Phi) is 5.98. The lowest BCUT2D eigenvalue weighted by Gasteiger charge is -2.36. The molecule has 0 amide bonds. The smallest absolute Gasteiger partial charge is 0.224 e. The van der Waals surface area contributed by atoms with Gasteiger partial charge < -0.3 is 10.2 Å². The summed E-state index contributed by atoms with van der Waals surface area (Å²) < 4.78 is 1.94. The van der Waals surface area contributed by atoms with E-state index in [1.165, 1.54) is 18.5 Å². The summed E-state index contributed by atoms with van der Waals surface area (Å²) in [6.07, 6.45) is 14.7. The number of nitrogens with zero attached hydrogens (tertiary/aromatic N) is 7. The molecular formula is C28H30N8. The molecule has 36 heavy (non-hydrogen) atoms. The highest BCUT2D eigenvalue weighted by Gasteiger charge is 2.31. The monoisotopic (exact) mass is 478 g/mol. The number of likely N-dealkylation sites (tertiary alicyclic amines) is 1. The number of hydrogen-bond donors (Lipinski definition) is 1. The quantitative estimate of drug-likeness (QED) is 0.532. The second-order valence-corrected chi connectivity index (χ2v) is 9.85. The summed E-state index contributed by atoms with van der Waals surface area (Å²) in [5.41, 5.74) is 5.07. The lowest BCUT2D eigenvalue weighted by Crippen LogP contribution is -2.42. The van der Waals surface area contributed by atoms with E-state index in [1.807, 2.05) is 16.7 Å².